The molecule has 3 aromatic rings. The van der Waals surface area contributed by atoms with E-state index in [-0.39, 0.29) is 11.7 Å². The molecule has 3 heterocycles. The Morgan fingerprint density at radius 1 is 1.29 bits per heavy atom. The molecule has 1 saturated heterocycles. The van der Waals surface area contributed by atoms with E-state index in [0.29, 0.717) is 0 Å². The monoisotopic (exact) mass is 397 g/mol. The summed E-state index contributed by atoms with van der Waals surface area (Å²) in [4.78, 5) is 21.3. The fraction of sp³-hybridized carbons (Fsp3) is 0.455. The van der Waals surface area contributed by atoms with Gasteiger partial charge in [-0.2, -0.15) is 0 Å². The lowest BCUT2D eigenvalue weighted by Crippen LogP contribution is -2.38. The molecule has 28 heavy (non-hydrogen) atoms. The average Bonchev–Trinajstić information content (AvgIpc) is 3.23. The maximum Gasteiger partial charge on any atom is 0.194 e. The molecule has 0 amide bonds. The first kappa shape index (κ1) is 19.2. The highest BCUT2D eigenvalue weighted by atomic mass is 32.1. The minimum Gasteiger partial charge on any atom is -0.496 e. The fourth-order valence-corrected chi connectivity index (χ4v) is 5.18. The van der Waals surface area contributed by atoms with Crippen molar-refractivity contribution < 1.29 is 9.53 Å². The zero-order valence-corrected chi connectivity index (χ0v) is 17.8. The summed E-state index contributed by atoms with van der Waals surface area (Å²) >= 11 is 1.66. The molecular formula is C22H27N3O2S. The van der Waals surface area contributed by atoms with E-state index < -0.39 is 0 Å². The summed E-state index contributed by atoms with van der Waals surface area (Å²) in [7, 11) is 1.68. The Kier molecular flexibility index (Phi) is 5.25. The topological polar surface area (TPSA) is 46.8 Å². The highest BCUT2D eigenvalue weighted by Gasteiger charge is 2.28. The molecular weight excluding hydrogens is 370 g/mol. The molecule has 1 aromatic carbocycles. The Hall–Kier alpha value is -2.18. The lowest BCUT2D eigenvalue weighted by atomic mass is 9.88. The molecule has 0 bridgehead atoms. The number of hydrogen-bond acceptors (Lipinski definition) is 5. The Morgan fingerprint density at radius 2 is 2.04 bits per heavy atom. The number of carbonyl (C=O) groups is 1. The Bertz CT molecular complexity index is 997. The van der Waals surface area contributed by atoms with Crippen LogP contribution >= 0.6 is 11.3 Å². The van der Waals surface area contributed by atoms with Crippen LogP contribution in [0.5, 0.6) is 5.75 Å². The summed E-state index contributed by atoms with van der Waals surface area (Å²) in [5.74, 6) is 1.18. The molecule has 0 spiro atoms. The highest BCUT2D eigenvalue weighted by Crippen LogP contribution is 2.28. The highest BCUT2D eigenvalue weighted by molar-refractivity contribution is 7.15. The lowest BCUT2D eigenvalue weighted by molar-refractivity contribution is 0.0809. The summed E-state index contributed by atoms with van der Waals surface area (Å²) in [5.41, 5.74) is 5.17. The summed E-state index contributed by atoms with van der Waals surface area (Å²) in [5, 5.41) is 2.07. The number of Topliss-reactive ketones (excluding diaryl/α,β-unsaturated/α-hetero) is 1. The van der Waals surface area contributed by atoms with Gasteiger partial charge >= 0.3 is 0 Å². The van der Waals surface area contributed by atoms with Crippen LogP contribution in [0.25, 0.3) is 4.96 Å². The zero-order valence-electron chi connectivity index (χ0n) is 17.0. The number of aromatic nitrogens is 2. The van der Waals surface area contributed by atoms with E-state index in [1.54, 1.807) is 18.4 Å². The maximum atomic E-state index is 13.2. The van der Waals surface area contributed by atoms with Gasteiger partial charge in [-0.1, -0.05) is 0 Å². The van der Waals surface area contributed by atoms with Crippen molar-refractivity contribution in [3.8, 4) is 5.75 Å². The van der Waals surface area contributed by atoms with Crippen molar-refractivity contribution in [2.75, 3.05) is 20.2 Å². The maximum absolute atomic E-state index is 13.2. The number of benzene rings is 1. The van der Waals surface area contributed by atoms with Gasteiger partial charge in [0, 0.05) is 36.1 Å². The van der Waals surface area contributed by atoms with Gasteiger partial charge in [0.2, 0.25) is 0 Å². The number of nitrogens with zero attached hydrogens (tertiary/aromatic N) is 3. The molecule has 0 N–H and O–H groups in total. The number of ketones is 1. The predicted octanol–water partition coefficient (Wildman–Crippen LogP) is 4.42. The van der Waals surface area contributed by atoms with Crippen LogP contribution < -0.4 is 4.74 Å². The minimum atomic E-state index is 0.0483. The van der Waals surface area contributed by atoms with Gasteiger partial charge in [0.15, 0.2) is 10.7 Å². The van der Waals surface area contributed by atoms with Crippen molar-refractivity contribution in [3.63, 3.8) is 0 Å². The molecule has 1 aliphatic heterocycles. The normalized spacial score (nSPS) is 17.9. The number of methoxy groups -OCH3 is 1. The van der Waals surface area contributed by atoms with Crippen molar-refractivity contribution in [1.82, 2.24) is 14.3 Å². The van der Waals surface area contributed by atoms with E-state index in [1.165, 1.54) is 5.69 Å². The van der Waals surface area contributed by atoms with Crippen LogP contribution in [0.4, 0.5) is 0 Å². The van der Waals surface area contributed by atoms with Crippen LogP contribution in [0.3, 0.4) is 0 Å². The number of aryl methyl sites for hydroxylation is 3. The quantitative estimate of drug-likeness (QED) is 0.598. The Morgan fingerprint density at radius 3 is 2.75 bits per heavy atom. The lowest BCUT2D eigenvalue weighted by Gasteiger charge is -2.32. The SMILES string of the molecule is COc1c(C)cc(C(=O)C2CCCN(Cc3c(C)nc4sccn34)C2)cc1C. The van der Waals surface area contributed by atoms with E-state index in [9.17, 15) is 4.79 Å². The van der Waals surface area contributed by atoms with E-state index >= 15 is 0 Å². The second-order valence-electron chi connectivity index (χ2n) is 7.78. The molecule has 1 aliphatic rings. The van der Waals surface area contributed by atoms with Crippen LogP contribution in [0.2, 0.25) is 0 Å². The second-order valence-corrected chi connectivity index (χ2v) is 8.65. The number of thiazole rings is 1. The molecule has 5 nitrogen and oxygen atoms in total. The van der Waals surface area contributed by atoms with Gasteiger partial charge in [0.05, 0.1) is 18.5 Å². The molecule has 0 saturated carbocycles. The molecule has 148 valence electrons. The molecule has 0 radical (unpaired) electrons. The summed E-state index contributed by atoms with van der Waals surface area (Å²) in [6, 6.07) is 3.95. The number of carbonyl (C=O) groups excluding carboxylic acids is 1. The number of hydrogen-bond donors (Lipinski definition) is 0. The number of imidazole rings is 1. The third-order valence-corrected chi connectivity index (χ3v) is 6.52. The zero-order chi connectivity index (χ0) is 19.8. The summed E-state index contributed by atoms with van der Waals surface area (Å²) < 4.78 is 7.63. The van der Waals surface area contributed by atoms with Gasteiger partial charge < -0.3 is 4.74 Å². The third kappa shape index (κ3) is 3.47. The molecule has 1 unspecified atom stereocenters. The third-order valence-electron chi connectivity index (χ3n) is 5.76. The van der Waals surface area contributed by atoms with Gasteiger partial charge in [0.25, 0.3) is 0 Å². The first-order valence-electron chi connectivity index (χ1n) is 9.80. The molecule has 1 fully saturated rings. The predicted molar refractivity (Wildman–Crippen MR) is 113 cm³/mol. The van der Waals surface area contributed by atoms with Crippen molar-refractivity contribution in [2.45, 2.75) is 40.2 Å². The Labute approximate surface area is 170 Å². The van der Waals surface area contributed by atoms with Crippen LogP contribution in [0.15, 0.2) is 23.7 Å². The van der Waals surface area contributed by atoms with E-state index in [1.807, 2.05) is 26.0 Å². The van der Waals surface area contributed by atoms with Crippen LogP contribution in [0.1, 0.15) is 45.7 Å². The molecule has 4 rings (SSSR count). The number of piperidine rings is 1. The first-order valence-corrected chi connectivity index (χ1v) is 10.7. The first-order chi connectivity index (χ1) is 13.5. The number of rotatable bonds is 5. The van der Waals surface area contributed by atoms with Gasteiger partial charge in [-0.25, -0.2) is 4.98 Å². The fourth-order valence-electron chi connectivity index (χ4n) is 4.41. The van der Waals surface area contributed by atoms with Crippen molar-refractivity contribution >= 4 is 22.1 Å². The molecule has 0 aliphatic carbocycles. The van der Waals surface area contributed by atoms with E-state index in [0.717, 1.165) is 65.6 Å². The van der Waals surface area contributed by atoms with E-state index in [4.69, 9.17) is 4.74 Å². The van der Waals surface area contributed by atoms with Crippen molar-refractivity contribution in [3.05, 3.63) is 51.8 Å². The van der Waals surface area contributed by atoms with Gasteiger partial charge in [0.1, 0.15) is 5.75 Å². The molecule has 1 atom stereocenters. The van der Waals surface area contributed by atoms with Gasteiger partial charge in [-0.3, -0.25) is 14.1 Å². The second kappa shape index (κ2) is 7.68. The van der Waals surface area contributed by atoms with E-state index in [2.05, 4.69) is 32.8 Å². The minimum absolute atomic E-state index is 0.0483. The number of ether oxygens (including phenoxy) is 1. The molecule has 2 aromatic heterocycles. The van der Waals surface area contributed by atoms with Crippen LogP contribution in [-0.4, -0.2) is 40.3 Å². The standard InChI is InChI=1S/C22H27N3O2S/c1-14-10-18(11-15(2)21(14)27-4)20(26)17-6-5-7-24(12-17)13-19-16(3)23-22-25(19)8-9-28-22/h8-11,17H,5-7,12-13H2,1-4H3. The largest absolute Gasteiger partial charge is 0.496 e. The average molecular weight is 398 g/mol. The summed E-state index contributed by atoms with van der Waals surface area (Å²) in [6.45, 7) is 8.76. The number of likely N-dealkylation sites (tertiary alicyclic amines) is 1. The Balaban J connectivity index is 1.51. The van der Waals surface area contributed by atoms with Gasteiger partial charge in [-0.05, 0) is 63.4 Å². The number of fused-ring (bicyclic) bond motifs is 1. The smallest absolute Gasteiger partial charge is 0.194 e. The van der Waals surface area contributed by atoms with Crippen molar-refractivity contribution in [2.24, 2.45) is 5.92 Å². The summed E-state index contributed by atoms with van der Waals surface area (Å²) in [6.07, 6.45) is 4.10. The molecule has 6 heteroatoms. The van der Waals surface area contributed by atoms with Crippen molar-refractivity contribution in [1.29, 1.82) is 0 Å². The van der Waals surface area contributed by atoms with Gasteiger partial charge in [-0.15, -0.1) is 11.3 Å². The van der Waals surface area contributed by atoms with Crippen LogP contribution in [0, 0.1) is 26.7 Å². The van der Waals surface area contributed by atoms with Crippen LogP contribution in [-0.2, 0) is 6.54 Å².